The summed E-state index contributed by atoms with van der Waals surface area (Å²) in [5.41, 5.74) is 0.326. The normalized spacial score (nSPS) is 18.9. The van der Waals surface area contributed by atoms with Crippen LogP contribution in [0.3, 0.4) is 0 Å². The lowest BCUT2D eigenvalue weighted by Crippen LogP contribution is -2.47. The zero-order valence-corrected chi connectivity index (χ0v) is 15.4. The first-order valence-electron chi connectivity index (χ1n) is 8.67. The SMILES string of the molecule is O=C(NC1CCCC1)[C@H](c1cccs1)N(C(=O)c1csnn1)C1CC1. The molecule has 1 atom stereocenters. The first-order valence-corrected chi connectivity index (χ1v) is 10.4. The molecule has 8 heteroatoms. The number of thiophene rings is 1. The third-order valence-corrected chi connectivity index (χ3v) is 6.22. The molecule has 2 aliphatic carbocycles. The molecule has 0 saturated heterocycles. The van der Waals surface area contributed by atoms with Gasteiger partial charge in [-0.25, -0.2) is 0 Å². The number of carbonyl (C=O) groups is 2. The Balaban J connectivity index is 1.63. The molecule has 0 aromatic carbocycles. The number of hydrogen-bond acceptors (Lipinski definition) is 6. The Kier molecular flexibility index (Phi) is 4.80. The van der Waals surface area contributed by atoms with Crippen molar-refractivity contribution >= 4 is 34.7 Å². The quantitative estimate of drug-likeness (QED) is 0.841. The van der Waals surface area contributed by atoms with Gasteiger partial charge in [-0.3, -0.25) is 9.59 Å². The van der Waals surface area contributed by atoms with Gasteiger partial charge in [0.05, 0.1) is 0 Å². The molecule has 2 aromatic rings. The van der Waals surface area contributed by atoms with Crippen LogP contribution in [0, 0.1) is 0 Å². The van der Waals surface area contributed by atoms with E-state index in [-0.39, 0.29) is 23.9 Å². The zero-order chi connectivity index (χ0) is 17.2. The van der Waals surface area contributed by atoms with Crippen molar-refractivity contribution in [2.75, 3.05) is 0 Å². The second-order valence-electron chi connectivity index (χ2n) is 6.64. The molecule has 4 rings (SSSR count). The van der Waals surface area contributed by atoms with Crippen molar-refractivity contribution in [3.05, 3.63) is 33.5 Å². The van der Waals surface area contributed by atoms with Gasteiger partial charge in [0.15, 0.2) is 5.69 Å². The highest BCUT2D eigenvalue weighted by molar-refractivity contribution is 7.10. The Hall–Kier alpha value is -1.80. The van der Waals surface area contributed by atoms with Crippen LogP contribution < -0.4 is 5.32 Å². The monoisotopic (exact) mass is 376 g/mol. The Morgan fingerprint density at radius 2 is 2.04 bits per heavy atom. The topological polar surface area (TPSA) is 75.2 Å². The van der Waals surface area contributed by atoms with Crippen LogP contribution in [0.1, 0.15) is 59.9 Å². The maximum atomic E-state index is 13.1. The molecule has 6 nitrogen and oxygen atoms in total. The molecule has 2 aliphatic rings. The van der Waals surface area contributed by atoms with Gasteiger partial charge in [-0.05, 0) is 48.7 Å². The van der Waals surface area contributed by atoms with Crippen LogP contribution in [-0.2, 0) is 4.79 Å². The molecule has 0 aliphatic heterocycles. The smallest absolute Gasteiger partial charge is 0.276 e. The molecule has 0 radical (unpaired) electrons. The van der Waals surface area contributed by atoms with E-state index in [1.54, 1.807) is 10.3 Å². The van der Waals surface area contributed by atoms with Crippen LogP contribution in [0.15, 0.2) is 22.9 Å². The highest BCUT2D eigenvalue weighted by Gasteiger charge is 2.43. The lowest BCUT2D eigenvalue weighted by molar-refractivity contribution is -0.126. The Morgan fingerprint density at radius 1 is 1.24 bits per heavy atom. The molecule has 0 spiro atoms. The largest absolute Gasteiger partial charge is 0.351 e. The van der Waals surface area contributed by atoms with Crippen LogP contribution in [0.2, 0.25) is 0 Å². The highest BCUT2D eigenvalue weighted by Crippen LogP contribution is 2.37. The molecule has 132 valence electrons. The van der Waals surface area contributed by atoms with E-state index in [0.29, 0.717) is 5.69 Å². The minimum Gasteiger partial charge on any atom is -0.351 e. The van der Waals surface area contributed by atoms with Gasteiger partial charge in [0.1, 0.15) is 6.04 Å². The van der Waals surface area contributed by atoms with E-state index in [9.17, 15) is 9.59 Å². The maximum absolute atomic E-state index is 13.1. The summed E-state index contributed by atoms with van der Waals surface area (Å²) < 4.78 is 3.80. The first-order chi connectivity index (χ1) is 12.2. The van der Waals surface area contributed by atoms with E-state index >= 15 is 0 Å². The first kappa shape index (κ1) is 16.7. The molecule has 0 unspecified atom stereocenters. The summed E-state index contributed by atoms with van der Waals surface area (Å²) in [5.74, 6) is -0.269. The van der Waals surface area contributed by atoms with Crippen molar-refractivity contribution in [2.24, 2.45) is 0 Å². The lowest BCUT2D eigenvalue weighted by atomic mass is 10.1. The molecule has 2 amide bonds. The van der Waals surface area contributed by atoms with Gasteiger partial charge in [-0.15, -0.1) is 16.4 Å². The summed E-state index contributed by atoms with van der Waals surface area (Å²) in [6.45, 7) is 0. The van der Waals surface area contributed by atoms with Gasteiger partial charge in [0.2, 0.25) is 5.91 Å². The second kappa shape index (κ2) is 7.21. The van der Waals surface area contributed by atoms with Crippen molar-refractivity contribution in [3.8, 4) is 0 Å². The van der Waals surface area contributed by atoms with E-state index < -0.39 is 6.04 Å². The minimum absolute atomic E-state index is 0.0715. The number of rotatable bonds is 6. The van der Waals surface area contributed by atoms with Crippen molar-refractivity contribution in [1.82, 2.24) is 19.8 Å². The van der Waals surface area contributed by atoms with E-state index in [4.69, 9.17) is 0 Å². The Morgan fingerprint density at radius 3 is 2.64 bits per heavy atom. The molecule has 1 N–H and O–H groups in total. The second-order valence-corrected chi connectivity index (χ2v) is 8.23. The average molecular weight is 377 g/mol. The summed E-state index contributed by atoms with van der Waals surface area (Å²) in [6.07, 6.45) is 6.23. The molecule has 0 bridgehead atoms. The number of carbonyl (C=O) groups excluding carboxylic acids is 2. The summed E-state index contributed by atoms with van der Waals surface area (Å²) in [5, 5.41) is 10.7. The van der Waals surface area contributed by atoms with Gasteiger partial charge in [-0.2, -0.15) is 0 Å². The Bertz CT molecular complexity index is 722. The van der Waals surface area contributed by atoms with Crippen molar-refractivity contribution in [2.45, 2.75) is 56.7 Å². The molecular weight excluding hydrogens is 356 g/mol. The summed E-state index contributed by atoms with van der Waals surface area (Å²) >= 11 is 2.67. The fraction of sp³-hybridized carbons (Fsp3) is 0.529. The predicted octanol–water partition coefficient (Wildman–Crippen LogP) is 3.00. The number of hydrogen-bond donors (Lipinski definition) is 1. The van der Waals surface area contributed by atoms with Crippen LogP contribution in [-0.4, -0.2) is 38.4 Å². The number of nitrogens with one attached hydrogen (secondary N) is 1. The Labute approximate surface area is 154 Å². The average Bonchev–Trinajstić information content (AvgIpc) is 3.10. The molecule has 2 fully saturated rings. The third-order valence-electron chi connectivity index (χ3n) is 4.79. The highest BCUT2D eigenvalue weighted by atomic mass is 32.1. The fourth-order valence-electron chi connectivity index (χ4n) is 3.43. The molecule has 2 aromatic heterocycles. The van der Waals surface area contributed by atoms with Gasteiger partial charge in [0, 0.05) is 22.3 Å². The van der Waals surface area contributed by atoms with Crippen molar-refractivity contribution < 1.29 is 9.59 Å². The number of amides is 2. The van der Waals surface area contributed by atoms with Crippen molar-refractivity contribution in [3.63, 3.8) is 0 Å². The number of nitrogens with zero attached hydrogens (tertiary/aromatic N) is 3. The van der Waals surface area contributed by atoms with E-state index in [1.807, 2.05) is 17.5 Å². The predicted molar refractivity (Wildman–Crippen MR) is 96.6 cm³/mol. The summed E-state index contributed by atoms with van der Waals surface area (Å²) in [7, 11) is 0. The van der Waals surface area contributed by atoms with E-state index in [2.05, 4.69) is 14.9 Å². The van der Waals surface area contributed by atoms with Gasteiger partial charge in [0.25, 0.3) is 5.91 Å². The van der Waals surface area contributed by atoms with Crippen molar-refractivity contribution in [1.29, 1.82) is 0 Å². The third kappa shape index (κ3) is 3.59. The van der Waals surface area contributed by atoms with E-state index in [0.717, 1.165) is 54.9 Å². The summed E-state index contributed by atoms with van der Waals surface area (Å²) in [6, 6.07) is 3.62. The van der Waals surface area contributed by atoms with Gasteiger partial charge < -0.3 is 10.2 Å². The van der Waals surface area contributed by atoms with Crippen LogP contribution in [0.25, 0.3) is 0 Å². The van der Waals surface area contributed by atoms with Gasteiger partial charge >= 0.3 is 0 Å². The molecule has 2 saturated carbocycles. The molecular formula is C17H20N4O2S2. The maximum Gasteiger partial charge on any atom is 0.276 e. The van der Waals surface area contributed by atoms with Crippen LogP contribution >= 0.6 is 22.9 Å². The lowest BCUT2D eigenvalue weighted by Gasteiger charge is -2.30. The van der Waals surface area contributed by atoms with Gasteiger partial charge in [-0.1, -0.05) is 23.4 Å². The standard InChI is InChI=1S/C17H20N4O2S2/c22-16(18-11-4-1-2-5-11)15(14-6-3-9-24-14)21(12-7-8-12)17(23)13-10-25-20-19-13/h3,6,9-12,15H,1-2,4-5,7-8H2,(H,18,22)/t15-/m0/s1. The van der Waals surface area contributed by atoms with E-state index in [1.165, 1.54) is 11.3 Å². The minimum atomic E-state index is -0.581. The number of aromatic nitrogens is 2. The molecule has 25 heavy (non-hydrogen) atoms. The van der Waals surface area contributed by atoms with Crippen LogP contribution in [0.5, 0.6) is 0 Å². The zero-order valence-electron chi connectivity index (χ0n) is 13.8. The van der Waals surface area contributed by atoms with Crippen LogP contribution in [0.4, 0.5) is 0 Å². The fourth-order valence-corrected chi connectivity index (χ4v) is 4.68. The molecule has 2 heterocycles. The summed E-state index contributed by atoms with van der Waals surface area (Å²) in [4.78, 5) is 28.8.